The SMILES string of the molecule is CC(=O)C(CC1COC1)c1cc(F)c(CN2[C@@H](C)CC[C@H](c3ccccc3)S2(=O)=O)cc1F. The largest absolute Gasteiger partial charge is 0.381 e. The van der Waals surface area contributed by atoms with Crippen molar-refractivity contribution < 1.29 is 26.7 Å². The topological polar surface area (TPSA) is 63.7 Å². The van der Waals surface area contributed by atoms with Gasteiger partial charge < -0.3 is 4.74 Å². The Kier molecular flexibility index (Phi) is 6.98. The predicted octanol–water partition coefficient (Wildman–Crippen LogP) is 4.73. The van der Waals surface area contributed by atoms with Crippen LogP contribution in [0.5, 0.6) is 0 Å². The van der Waals surface area contributed by atoms with Crippen molar-refractivity contribution in [2.45, 2.75) is 56.9 Å². The van der Waals surface area contributed by atoms with Crippen molar-refractivity contribution in [2.75, 3.05) is 13.2 Å². The molecule has 2 aliphatic rings. The zero-order valence-corrected chi connectivity index (χ0v) is 19.7. The summed E-state index contributed by atoms with van der Waals surface area (Å²) in [5, 5.41) is -0.714. The lowest BCUT2D eigenvalue weighted by molar-refractivity contribution is -0.120. The predicted molar refractivity (Wildman–Crippen MR) is 121 cm³/mol. The maximum absolute atomic E-state index is 15.1. The van der Waals surface area contributed by atoms with Crippen molar-refractivity contribution in [1.82, 2.24) is 4.31 Å². The molecule has 0 N–H and O–H groups in total. The molecule has 0 spiro atoms. The number of benzene rings is 2. The van der Waals surface area contributed by atoms with E-state index in [-0.39, 0.29) is 35.4 Å². The highest BCUT2D eigenvalue weighted by Gasteiger charge is 2.41. The molecule has 178 valence electrons. The molecular weight excluding hydrogens is 448 g/mol. The van der Waals surface area contributed by atoms with Crippen LogP contribution < -0.4 is 0 Å². The summed E-state index contributed by atoms with van der Waals surface area (Å²) in [5.41, 5.74) is 0.683. The lowest BCUT2D eigenvalue weighted by atomic mass is 9.84. The van der Waals surface area contributed by atoms with Gasteiger partial charge >= 0.3 is 0 Å². The summed E-state index contributed by atoms with van der Waals surface area (Å²) in [6.07, 6.45) is 1.50. The van der Waals surface area contributed by atoms with Gasteiger partial charge in [-0.05, 0) is 50.8 Å². The molecule has 2 aromatic rings. The Labute approximate surface area is 193 Å². The van der Waals surface area contributed by atoms with Gasteiger partial charge in [-0.1, -0.05) is 30.3 Å². The Bertz CT molecular complexity index is 1120. The van der Waals surface area contributed by atoms with Crippen LogP contribution in [0.2, 0.25) is 0 Å². The molecular formula is C25H29F2NO4S. The molecule has 4 rings (SSSR count). The van der Waals surface area contributed by atoms with Gasteiger partial charge in [0.2, 0.25) is 10.0 Å². The summed E-state index contributed by atoms with van der Waals surface area (Å²) in [7, 11) is -3.77. The highest BCUT2D eigenvalue weighted by atomic mass is 32.2. The van der Waals surface area contributed by atoms with E-state index in [1.54, 1.807) is 31.2 Å². The van der Waals surface area contributed by atoms with Gasteiger partial charge in [0.05, 0.1) is 13.2 Å². The monoisotopic (exact) mass is 477 g/mol. The molecule has 3 atom stereocenters. The number of nitrogens with zero attached hydrogens (tertiary/aromatic N) is 1. The van der Waals surface area contributed by atoms with E-state index in [1.165, 1.54) is 11.2 Å². The summed E-state index contributed by atoms with van der Waals surface area (Å²) in [6, 6.07) is 10.7. The van der Waals surface area contributed by atoms with Crippen LogP contribution in [0, 0.1) is 17.6 Å². The van der Waals surface area contributed by atoms with Crippen LogP contribution in [0.25, 0.3) is 0 Å². The first-order valence-electron chi connectivity index (χ1n) is 11.3. The number of hydrogen-bond donors (Lipinski definition) is 0. The fraction of sp³-hybridized carbons (Fsp3) is 0.480. The van der Waals surface area contributed by atoms with E-state index in [0.29, 0.717) is 38.0 Å². The zero-order chi connectivity index (χ0) is 23.8. The molecule has 0 aliphatic carbocycles. The van der Waals surface area contributed by atoms with Crippen LogP contribution in [0.4, 0.5) is 8.78 Å². The van der Waals surface area contributed by atoms with Crippen molar-refractivity contribution in [3.05, 3.63) is 70.8 Å². The molecule has 2 heterocycles. The van der Waals surface area contributed by atoms with Gasteiger partial charge in [-0.15, -0.1) is 0 Å². The lowest BCUT2D eigenvalue weighted by Crippen LogP contribution is -2.44. The smallest absolute Gasteiger partial charge is 0.221 e. The standard InChI is InChI=1S/C25H29F2NO4S/c1-16-8-9-25(19-6-4-3-5-7-19)33(30,31)28(16)13-20-11-24(27)22(12-23(20)26)21(17(2)29)10-18-14-32-15-18/h3-7,11-12,16,18,21,25H,8-10,13-15H2,1-2H3/t16-,21?,25+/m0/s1. The van der Waals surface area contributed by atoms with E-state index in [4.69, 9.17) is 4.74 Å². The maximum atomic E-state index is 15.1. The van der Waals surface area contributed by atoms with Crippen LogP contribution >= 0.6 is 0 Å². The van der Waals surface area contributed by atoms with E-state index < -0.39 is 32.8 Å². The van der Waals surface area contributed by atoms with Crippen molar-refractivity contribution in [3.63, 3.8) is 0 Å². The van der Waals surface area contributed by atoms with E-state index in [0.717, 1.165) is 12.1 Å². The first-order chi connectivity index (χ1) is 15.7. The molecule has 2 saturated heterocycles. The first kappa shape index (κ1) is 24.0. The van der Waals surface area contributed by atoms with Crippen LogP contribution in [-0.2, 0) is 26.1 Å². The first-order valence-corrected chi connectivity index (χ1v) is 12.8. The van der Waals surface area contributed by atoms with Gasteiger partial charge in [-0.2, -0.15) is 4.31 Å². The number of halogens is 2. The van der Waals surface area contributed by atoms with Gasteiger partial charge in [-0.3, -0.25) is 4.79 Å². The molecule has 0 amide bonds. The van der Waals surface area contributed by atoms with Gasteiger partial charge in [0.25, 0.3) is 0 Å². The van der Waals surface area contributed by atoms with E-state index in [2.05, 4.69) is 0 Å². The summed E-state index contributed by atoms with van der Waals surface area (Å²) >= 11 is 0. The number of hydrogen-bond acceptors (Lipinski definition) is 4. The van der Waals surface area contributed by atoms with Crippen molar-refractivity contribution in [1.29, 1.82) is 0 Å². The van der Waals surface area contributed by atoms with Crippen molar-refractivity contribution >= 4 is 15.8 Å². The number of carbonyl (C=O) groups is 1. The maximum Gasteiger partial charge on any atom is 0.221 e. The molecule has 0 aromatic heterocycles. The van der Waals surface area contributed by atoms with E-state index in [9.17, 15) is 13.2 Å². The zero-order valence-electron chi connectivity index (χ0n) is 18.8. The Balaban J connectivity index is 1.61. The van der Waals surface area contributed by atoms with Crippen molar-refractivity contribution in [2.24, 2.45) is 5.92 Å². The highest BCUT2D eigenvalue weighted by molar-refractivity contribution is 7.89. The third-order valence-corrected chi connectivity index (χ3v) is 9.20. The third-order valence-electron chi connectivity index (χ3n) is 6.83. The average molecular weight is 478 g/mol. The minimum atomic E-state index is -3.77. The Hall–Kier alpha value is -2.16. The molecule has 0 saturated carbocycles. The minimum absolute atomic E-state index is 0.0207. The van der Waals surface area contributed by atoms with E-state index >= 15 is 8.78 Å². The molecule has 2 fully saturated rings. The van der Waals surface area contributed by atoms with Gasteiger partial charge in [0, 0.05) is 35.5 Å². The van der Waals surface area contributed by atoms with Gasteiger partial charge in [0.15, 0.2) is 0 Å². The highest BCUT2D eigenvalue weighted by Crippen LogP contribution is 2.39. The summed E-state index contributed by atoms with van der Waals surface area (Å²) in [5.74, 6) is -2.22. The average Bonchev–Trinajstić information content (AvgIpc) is 2.73. The van der Waals surface area contributed by atoms with Crippen molar-refractivity contribution in [3.8, 4) is 0 Å². The minimum Gasteiger partial charge on any atom is -0.381 e. The number of carbonyl (C=O) groups excluding carboxylic acids is 1. The number of sulfonamides is 1. The molecule has 0 bridgehead atoms. The van der Waals surface area contributed by atoms with Crippen LogP contribution in [0.15, 0.2) is 42.5 Å². The molecule has 1 unspecified atom stereocenters. The quantitative estimate of drug-likeness (QED) is 0.579. The number of ketones is 1. The van der Waals surface area contributed by atoms with Crippen LogP contribution in [0.3, 0.4) is 0 Å². The second-order valence-corrected chi connectivity index (χ2v) is 11.3. The molecule has 8 heteroatoms. The van der Waals surface area contributed by atoms with Gasteiger partial charge in [-0.25, -0.2) is 17.2 Å². The second-order valence-electron chi connectivity index (χ2n) is 9.18. The summed E-state index contributed by atoms with van der Waals surface area (Å²) < 4.78 is 63.4. The lowest BCUT2D eigenvalue weighted by Gasteiger charge is -2.37. The number of ether oxygens (including phenoxy) is 1. The Morgan fingerprint density at radius 3 is 2.42 bits per heavy atom. The van der Waals surface area contributed by atoms with Crippen LogP contribution in [-0.4, -0.2) is 37.8 Å². The molecule has 2 aliphatic heterocycles. The Morgan fingerprint density at radius 1 is 1.12 bits per heavy atom. The number of rotatable bonds is 7. The van der Waals surface area contributed by atoms with Crippen LogP contribution in [0.1, 0.15) is 61.0 Å². The molecule has 0 radical (unpaired) electrons. The Morgan fingerprint density at radius 2 is 1.82 bits per heavy atom. The second kappa shape index (κ2) is 9.60. The fourth-order valence-electron chi connectivity index (χ4n) is 4.78. The summed E-state index contributed by atoms with van der Waals surface area (Å²) in [6.45, 7) is 3.94. The van der Waals surface area contributed by atoms with Gasteiger partial charge in [0.1, 0.15) is 22.7 Å². The number of Topliss-reactive ketones (excluding diaryl/α,β-unsaturated/α-hetero) is 1. The summed E-state index contributed by atoms with van der Waals surface area (Å²) in [4.78, 5) is 12.2. The normalized spacial score (nSPS) is 24.2. The molecule has 33 heavy (non-hydrogen) atoms. The van der Waals surface area contributed by atoms with E-state index in [1.807, 2.05) is 6.07 Å². The molecule has 5 nitrogen and oxygen atoms in total. The molecule has 2 aromatic carbocycles. The fourth-order valence-corrected chi connectivity index (χ4v) is 6.97. The third kappa shape index (κ3) is 4.88.